The molecule has 6 aromatic carbocycles. The van der Waals surface area contributed by atoms with E-state index in [1.54, 1.807) is 0 Å². The van der Waals surface area contributed by atoms with Crippen molar-refractivity contribution >= 4 is 27.4 Å². The van der Waals surface area contributed by atoms with Gasteiger partial charge in [0.1, 0.15) is 23.0 Å². The molecular weight excluding hydrogens is 1040 g/mol. The monoisotopic (exact) mass is 1150 g/mol. The van der Waals surface area contributed by atoms with E-state index in [0.717, 1.165) is 70.4 Å². The summed E-state index contributed by atoms with van der Waals surface area (Å²) in [6, 6.07) is 36.7. The van der Waals surface area contributed by atoms with Gasteiger partial charge < -0.3 is 18.1 Å². The number of benzene rings is 6. The summed E-state index contributed by atoms with van der Waals surface area (Å²) in [6.07, 6.45) is 3.80. The molecule has 82 heavy (non-hydrogen) atoms. The molecule has 0 fully saturated rings. The molecule has 0 saturated carbocycles. The normalized spacial score (nSPS) is 13.3. The Kier molecular flexibility index (Phi) is 19.8. The zero-order valence-electron chi connectivity index (χ0n) is 56.6. The average Bonchev–Trinajstić information content (AvgIpc) is 3.45. The molecule has 0 aliphatic carbocycles. The Bertz CT molecular complexity index is 2790. The molecule has 6 rings (SSSR count). The van der Waals surface area contributed by atoms with Crippen molar-refractivity contribution in [3.05, 3.63) is 164 Å². The van der Waals surface area contributed by atoms with Crippen molar-refractivity contribution in [1.82, 2.24) is 0 Å². The molecule has 6 aromatic rings. The van der Waals surface area contributed by atoms with Crippen LogP contribution >= 0.6 is 16.8 Å². The third-order valence-electron chi connectivity index (χ3n) is 16.0. The molecule has 0 aliphatic heterocycles. The van der Waals surface area contributed by atoms with Crippen LogP contribution in [0.1, 0.15) is 261 Å². The maximum atomic E-state index is 7.49. The molecule has 0 bridgehead atoms. The lowest BCUT2D eigenvalue weighted by Crippen LogP contribution is -2.21. The third kappa shape index (κ3) is 15.6. The van der Waals surface area contributed by atoms with Gasteiger partial charge in [0.25, 0.3) is 0 Å². The van der Waals surface area contributed by atoms with E-state index in [1.165, 1.54) is 66.8 Å². The van der Waals surface area contributed by atoms with Crippen LogP contribution in [0.5, 0.6) is 23.0 Å². The maximum Gasteiger partial charge on any atom is 0.326 e. The van der Waals surface area contributed by atoms with Crippen molar-refractivity contribution in [1.29, 1.82) is 0 Å². The third-order valence-corrected chi connectivity index (χ3v) is 18.9. The van der Waals surface area contributed by atoms with Crippen molar-refractivity contribution < 1.29 is 18.1 Å². The number of hydrogen-bond acceptors (Lipinski definition) is 4. The van der Waals surface area contributed by atoms with E-state index >= 15 is 0 Å². The molecule has 0 spiro atoms. The first kappa shape index (κ1) is 66.5. The quantitative estimate of drug-likeness (QED) is 0.0961. The van der Waals surface area contributed by atoms with E-state index in [2.05, 4.69) is 291 Å². The highest BCUT2D eigenvalue weighted by atomic mass is 31.2. The van der Waals surface area contributed by atoms with Crippen molar-refractivity contribution in [2.24, 2.45) is 0 Å². The lowest BCUT2D eigenvalue weighted by molar-refractivity contribution is 0.462. The second-order valence-corrected chi connectivity index (χ2v) is 34.2. The first-order valence-corrected chi connectivity index (χ1v) is 33.1. The highest BCUT2D eigenvalue weighted by Crippen LogP contribution is 2.52. The van der Waals surface area contributed by atoms with Crippen molar-refractivity contribution in [2.45, 2.75) is 263 Å². The van der Waals surface area contributed by atoms with Crippen LogP contribution < -0.4 is 28.7 Å². The fraction of sp³-hybridized carbons (Fsp3) is 0.526. The molecular formula is C76H108O4P2. The number of aryl methyl sites for hydroxylation is 4. The van der Waals surface area contributed by atoms with Crippen LogP contribution in [0, 0.1) is 0 Å². The van der Waals surface area contributed by atoms with E-state index < -0.39 is 16.8 Å². The van der Waals surface area contributed by atoms with Crippen LogP contribution in [-0.4, -0.2) is 0 Å². The summed E-state index contributed by atoms with van der Waals surface area (Å²) < 4.78 is 29.9. The lowest BCUT2D eigenvalue weighted by Gasteiger charge is -2.32. The maximum absolute atomic E-state index is 7.49. The summed E-state index contributed by atoms with van der Waals surface area (Å²) in [5.74, 6) is 3.54. The van der Waals surface area contributed by atoms with E-state index in [1.807, 2.05) is 0 Å². The average molecular weight is 1150 g/mol. The SMILES string of the molecule is CCc1cc(C(C)(C)C)c(OP(Oc2cc(C(C)(C)C)c(CC)cc2C(C)(C)C)c2ccc(-c3ccc(P(Oc4cc(C(C)(C)C)c(CC)cc4C(C)(C)C)Oc4cc(C(C)(C)C)c(CC)cc4C(C)(C)C)cc3)cc2)cc1C(C)(C)C. The van der Waals surface area contributed by atoms with Gasteiger partial charge in [-0.1, -0.05) is 242 Å². The molecule has 0 atom stereocenters. The highest BCUT2D eigenvalue weighted by Gasteiger charge is 2.35. The van der Waals surface area contributed by atoms with Gasteiger partial charge in [-0.3, -0.25) is 0 Å². The van der Waals surface area contributed by atoms with Gasteiger partial charge in [0, 0.05) is 22.3 Å². The van der Waals surface area contributed by atoms with Crippen LogP contribution in [0.25, 0.3) is 11.1 Å². The summed E-state index contributed by atoms with van der Waals surface area (Å²) in [7, 11) is -3.37. The summed E-state index contributed by atoms with van der Waals surface area (Å²) in [6.45, 7) is 64.2. The van der Waals surface area contributed by atoms with Gasteiger partial charge >= 0.3 is 16.8 Å². The molecule has 6 heteroatoms. The molecule has 4 nitrogen and oxygen atoms in total. The van der Waals surface area contributed by atoms with Crippen LogP contribution in [0.4, 0.5) is 0 Å². The molecule has 0 amide bonds. The van der Waals surface area contributed by atoms with Gasteiger partial charge in [-0.2, -0.15) is 0 Å². The Morgan fingerprint density at radius 3 is 0.561 bits per heavy atom. The Hall–Kier alpha value is -4.62. The standard InChI is InChI=1S/C76H108O4P2/c1-29-49-41-61(73(17,18)19)65(45-57(49)69(5,6)7)77-81(78-66-46-58(70(8,9)10)50(30-2)42-62(66)74(20,21)22)55-37-33-53(34-38-55)54-35-39-56(40-36-54)82(79-67-47-59(71(11,12)13)51(31-3)43-63(67)75(23,24)25)80-68-48-60(72(14,15)16)52(32-4)44-64(68)76(26,27)28/h33-48H,29-32H2,1-28H3. The Morgan fingerprint density at radius 1 is 0.244 bits per heavy atom. The van der Waals surface area contributed by atoms with Gasteiger partial charge in [-0.05, 0) is 173 Å². The van der Waals surface area contributed by atoms with Crippen molar-refractivity contribution in [3.63, 3.8) is 0 Å². The van der Waals surface area contributed by atoms with Crippen LogP contribution in [-0.2, 0) is 69.0 Å². The lowest BCUT2D eigenvalue weighted by atomic mass is 9.78. The van der Waals surface area contributed by atoms with Crippen molar-refractivity contribution in [2.75, 3.05) is 0 Å². The fourth-order valence-electron chi connectivity index (χ4n) is 11.3. The van der Waals surface area contributed by atoms with E-state index in [9.17, 15) is 0 Å². The van der Waals surface area contributed by atoms with Gasteiger partial charge in [0.2, 0.25) is 0 Å². The van der Waals surface area contributed by atoms with Crippen LogP contribution in [0.3, 0.4) is 0 Å². The van der Waals surface area contributed by atoms with E-state index in [4.69, 9.17) is 18.1 Å². The van der Waals surface area contributed by atoms with E-state index in [0.29, 0.717) is 0 Å². The Morgan fingerprint density at radius 2 is 0.415 bits per heavy atom. The summed E-state index contributed by atoms with van der Waals surface area (Å²) in [5, 5.41) is 2.01. The molecule has 0 aromatic heterocycles. The molecule has 0 saturated heterocycles. The summed E-state index contributed by atoms with van der Waals surface area (Å²) >= 11 is 0. The van der Waals surface area contributed by atoms with Gasteiger partial charge in [-0.15, -0.1) is 0 Å². The highest BCUT2D eigenvalue weighted by molar-refractivity contribution is 7.57. The van der Waals surface area contributed by atoms with Gasteiger partial charge in [0.05, 0.1) is 10.6 Å². The predicted octanol–water partition coefficient (Wildman–Crippen LogP) is 22.2. The van der Waals surface area contributed by atoms with Gasteiger partial charge in [-0.25, -0.2) is 0 Å². The molecule has 0 unspecified atom stereocenters. The second kappa shape index (κ2) is 24.4. The van der Waals surface area contributed by atoms with Gasteiger partial charge in [0.15, 0.2) is 0 Å². The summed E-state index contributed by atoms with van der Waals surface area (Å²) in [4.78, 5) is 0. The molecule has 446 valence electrons. The first-order valence-electron chi connectivity index (χ1n) is 30.7. The molecule has 0 radical (unpaired) electrons. The largest absolute Gasteiger partial charge is 0.435 e. The topological polar surface area (TPSA) is 36.9 Å². The Labute approximate surface area is 503 Å². The zero-order valence-corrected chi connectivity index (χ0v) is 58.4. The van der Waals surface area contributed by atoms with Crippen LogP contribution in [0.15, 0.2) is 97.1 Å². The minimum Gasteiger partial charge on any atom is -0.435 e. The number of hydrogen-bond donors (Lipinski definition) is 0. The fourth-order valence-corrected chi connectivity index (χ4v) is 13.9. The minimum absolute atomic E-state index is 0.0755. The number of rotatable bonds is 15. The molecule has 0 heterocycles. The second-order valence-electron chi connectivity index (χ2n) is 31.4. The summed E-state index contributed by atoms with van der Waals surface area (Å²) in [5.41, 5.74) is 16.7. The first-order chi connectivity index (χ1) is 37.5. The van der Waals surface area contributed by atoms with Crippen molar-refractivity contribution in [3.8, 4) is 34.1 Å². The van der Waals surface area contributed by atoms with E-state index in [-0.39, 0.29) is 43.3 Å². The zero-order chi connectivity index (χ0) is 61.7. The molecule has 0 N–H and O–H groups in total. The Balaban J connectivity index is 1.53. The minimum atomic E-state index is -1.68. The van der Waals surface area contributed by atoms with Crippen LogP contribution in [0.2, 0.25) is 0 Å². The predicted molar refractivity (Wildman–Crippen MR) is 360 cm³/mol. The molecule has 0 aliphatic rings. The smallest absolute Gasteiger partial charge is 0.326 e.